The summed E-state index contributed by atoms with van der Waals surface area (Å²) in [6.07, 6.45) is 1.74. The van der Waals surface area contributed by atoms with Gasteiger partial charge in [-0.15, -0.1) is 0 Å². The standard InChI is InChI=1S/C20H31ClN4O2/c1-5-16(27-18-9-7-6-8-17(18)21)12-23-20(22-4)24-15-10-11-25(13-15)19(26)14(2)3/h6-9,14-16H,5,10-13H2,1-4H3,(H2,22,23,24). The number of carbonyl (C=O) groups excluding carboxylic acids is 1. The molecule has 150 valence electrons. The molecule has 1 aliphatic rings. The molecule has 2 N–H and O–H groups in total. The fourth-order valence-electron chi connectivity index (χ4n) is 3.03. The van der Waals surface area contributed by atoms with Crippen molar-refractivity contribution in [2.45, 2.75) is 45.8 Å². The predicted molar refractivity (Wildman–Crippen MR) is 110 cm³/mol. The summed E-state index contributed by atoms with van der Waals surface area (Å²) in [5.74, 6) is 1.66. The molecule has 1 aromatic carbocycles. The lowest BCUT2D eigenvalue weighted by Gasteiger charge is -2.22. The normalized spacial score (nSPS) is 18.5. The molecule has 1 amide bonds. The summed E-state index contributed by atoms with van der Waals surface area (Å²) in [5, 5.41) is 7.34. The maximum atomic E-state index is 12.1. The minimum absolute atomic E-state index is 0.0222. The monoisotopic (exact) mass is 394 g/mol. The van der Waals surface area contributed by atoms with Crippen molar-refractivity contribution in [1.82, 2.24) is 15.5 Å². The van der Waals surface area contributed by atoms with Crippen molar-refractivity contribution in [2.24, 2.45) is 10.9 Å². The number of rotatable bonds is 7. The number of nitrogens with zero attached hydrogens (tertiary/aromatic N) is 2. The van der Waals surface area contributed by atoms with Crippen LogP contribution in [-0.2, 0) is 4.79 Å². The van der Waals surface area contributed by atoms with Crippen LogP contribution >= 0.6 is 11.6 Å². The quantitative estimate of drug-likeness (QED) is 0.551. The zero-order valence-corrected chi connectivity index (χ0v) is 17.4. The maximum Gasteiger partial charge on any atom is 0.225 e. The summed E-state index contributed by atoms with van der Waals surface area (Å²) in [5.41, 5.74) is 0. The van der Waals surface area contributed by atoms with Crippen LogP contribution in [0.1, 0.15) is 33.6 Å². The Morgan fingerprint density at radius 3 is 2.78 bits per heavy atom. The molecule has 2 atom stereocenters. The van der Waals surface area contributed by atoms with Crippen molar-refractivity contribution >= 4 is 23.5 Å². The van der Waals surface area contributed by atoms with E-state index in [1.807, 2.05) is 43.0 Å². The minimum Gasteiger partial charge on any atom is -0.487 e. The molecule has 0 spiro atoms. The van der Waals surface area contributed by atoms with Gasteiger partial charge in [-0.3, -0.25) is 9.79 Å². The number of hydrogen-bond acceptors (Lipinski definition) is 3. The summed E-state index contributed by atoms with van der Waals surface area (Å²) in [6, 6.07) is 7.70. The first-order valence-corrected chi connectivity index (χ1v) is 9.99. The van der Waals surface area contributed by atoms with Crippen LogP contribution in [0, 0.1) is 5.92 Å². The van der Waals surface area contributed by atoms with Crippen molar-refractivity contribution in [3.63, 3.8) is 0 Å². The molecule has 6 nitrogen and oxygen atoms in total. The van der Waals surface area contributed by atoms with Gasteiger partial charge in [0.1, 0.15) is 11.9 Å². The van der Waals surface area contributed by atoms with Crippen LogP contribution in [0.4, 0.5) is 0 Å². The van der Waals surface area contributed by atoms with Gasteiger partial charge in [0.05, 0.1) is 11.6 Å². The Kier molecular flexibility index (Phi) is 8.23. The number of likely N-dealkylation sites (tertiary alicyclic amines) is 1. The number of aliphatic imine (C=N–C) groups is 1. The Morgan fingerprint density at radius 1 is 1.41 bits per heavy atom. The van der Waals surface area contributed by atoms with Gasteiger partial charge in [-0.05, 0) is 25.0 Å². The van der Waals surface area contributed by atoms with Gasteiger partial charge in [0.15, 0.2) is 5.96 Å². The molecule has 1 aliphatic heterocycles. The van der Waals surface area contributed by atoms with Crippen LogP contribution in [-0.4, -0.2) is 55.6 Å². The number of hydrogen-bond donors (Lipinski definition) is 2. The van der Waals surface area contributed by atoms with Crippen molar-refractivity contribution < 1.29 is 9.53 Å². The largest absolute Gasteiger partial charge is 0.487 e. The van der Waals surface area contributed by atoms with E-state index in [9.17, 15) is 4.79 Å². The van der Waals surface area contributed by atoms with Gasteiger partial charge >= 0.3 is 0 Å². The smallest absolute Gasteiger partial charge is 0.225 e. The number of carbonyl (C=O) groups is 1. The first-order valence-electron chi connectivity index (χ1n) is 9.61. The summed E-state index contributed by atoms with van der Waals surface area (Å²) in [4.78, 5) is 18.3. The minimum atomic E-state index is -0.0222. The predicted octanol–water partition coefficient (Wildman–Crippen LogP) is 2.92. The SMILES string of the molecule is CCC(CNC(=NC)NC1CCN(C(=O)C(C)C)C1)Oc1ccccc1Cl. The number of ether oxygens (including phenoxy) is 1. The molecule has 1 fully saturated rings. The number of benzene rings is 1. The van der Waals surface area contributed by atoms with Crippen LogP contribution in [0.3, 0.4) is 0 Å². The molecule has 0 saturated carbocycles. The van der Waals surface area contributed by atoms with E-state index in [-0.39, 0.29) is 24.0 Å². The topological polar surface area (TPSA) is 66.0 Å². The molecular weight excluding hydrogens is 364 g/mol. The molecule has 0 aromatic heterocycles. The van der Waals surface area contributed by atoms with Gasteiger partial charge < -0.3 is 20.3 Å². The lowest BCUT2D eigenvalue weighted by molar-refractivity contribution is -0.133. The highest BCUT2D eigenvalue weighted by atomic mass is 35.5. The fourth-order valence-corrected chi connectivity index (χ4v) is 3.21. The van der Waals surface area contributed by atoms with E-state index in [4.69, 9.17) is 16.3 Å². The molecule has 2 rings (SSSR count). The number of para-hydroxylation sites is 1. The van der Waals surface area contributed by atoms with E-state index in [1.54, 1.807) is 7.05 Å². The Labute approximate surface area is 167 Å². The molecule has 1 aromatic rings. The van der Waals surface area contributed by atoms with E-state index in [2.05, 4.69) is 22.5 Å². The van der Waals surface area contributed by atoms with Gasteiger partial charge in [0.25, 0.3) is 0 Å². The summed E-state index contributed by atoms with van der Waals surface area (Å²) in [6.45, 7) is 8.07. The van der Waals surface area contributed by atoms with Gasteiger partial charge in [0.2, 0.25) is 5.91 Å². The zero-order valence-electron chi connectivity index (χ0n) is 16.7. The highest BCUT2D eigenvalue weighted by molar-refractivity contribution is 6.32. The average molecular weight is 395 g/mol. The highest BCUT2D eigenvalue weighted by Crippen LogP contribution is 2.24. The third-order valence-corrected chi connectivity index (χ3v) is 4.95. The molecule has 1 saturated heterocycles. The Balaban J connectivity index is 1.82. The second-order valence-corrected chi connectivity index (χ2v) is 7.51. The van der Waals surface area contributed by atoms with E-state index in [0.717, 1.165) is 25.3 Å². The summed E-state index contributed by atoms with van der Waals surface area (Å²) < 4.78 is 6.00. The highest BCUT2D eigenvalue weighted by Gasteiger charge is 2.28. The van der Waals surface area contributed by atoms with Gasteiger partial charge in [-0.2, -0.15) is 0 Å². The molecule has 0 aliphatic carbocycles. The summed E-state index contributed by atoms with van der Waals surface area (Å²) in [7, 11) is 1.75. The lowest BCUT2D eigenvalue weighted by Crippen LogP contribution is -2.47. The fraction of sp³-hybridized carbons (Fsp3) is 0.600. The van der Waals surface area contributed by atoms with E-state index >= 15 is 0 Å². The molecule has 2 unspecified atom stereocenters. The molecule has 0 radical (unpaired) electrons. The van der Waals surface area contributed by atoms with Crippen LogP contribution in [0.15, 0.2) is 29.3 Å². The van der Waals surface area contributed by atoms with E-state index in [1.165, 1.54) is 0 Å². The van der Waals surface area contributed by atoms with Crippen molar-refractivity contribution in [1.29, 1.82) is 0 Å². The maximum absolute atomic E-state index is 12.1. The van der Waals surface area contributed by atoms with Crippen molar-refractivity contribution in [3.05, 3.63) is 29.3 Å². The first-order chi connectivity index (χ1) is 12.9. The Hall–Kier alpha value is -1.95. The third kappa shape index (κ3) is 6.31. The number of amides is 1. The number of guanidine groups is 1. The number of halogens is 1. The van der Waals surface area contributed by atoms with Gasteiger partial charge in [-0.1, -0.05) is 44.5 Å². The van der Waals surface area contributed by atoms with Gasteiger partial charge in [-0.25, -0.2) is 0 Å². The summed E-state index contributed by atoms with van der Waals surface area (Å²) >= 11 is 6.18. The first kappa shape index (κ1) is 21.4. The van der Waals surface area contributed by atoms with E-state index < -0.39 is 0 Å². The van der Waals surface area contributed by atoms with Gasteiger partial charge in [0, 0.05) is 32.1 Å². The van der Waals surface area contributed by atoms with Crippen molar-refractivity contribution in [3.8, 4) is 5.75 Å². The average Bonchev–Trinajstić information content (AvgIpc) is 3.13. The zero-order chi connectivity index (χ0) is 19.8. The molecule has 27 heavy (non-hydrogen) atoms. The second kappa shape index (κ2) is 10.4. The van der Waals surface area contributed by atoms with Crippen LogP contribution in [0.2, 0.25) is 5.02 Å². The lowest BCUT2D eigenvalue weighted by atomic mass is 10.2. The third-order valence-electron chi connectivity index (χ3n) is 4.64. The molecular formula is C20H31ClN4O2. The van der Waals surface area contributed by atoms with Crippen molar-refractivity contribution in [2.75, 3.05) is 26.7 Å². The van der Waals surface area contributed by atoms with Crippen LogP contribution in [0.25, 0.3) is 0 Å². The molecule has 1 heterocycles. The van der Waals surface area contributed by atoms with Crippen LogP contribution in [0.5, 0.6) is 5.75 Å². The molecule has 7 heteroatoms. The molecule has 0 bridgehead atoms. The Morgan fingerprint density at radius 2 is 2.15 bits per heavy atom. The Bertz CT molecular complexity index is 651. The number of nitrogens with one attached hydrogen (secondary N) is 2. The second-order valence-electron chi connectivity index (χ2n) is 7.10. The van der Waals surface area contributed by atoms with Crippen LogP contribution < -0.4 is 15.4 Å². The van der Waals surface area contributed by atoms with E-state index in [0.29, 0.717) is 23.9 Å².